The van der Waals surface area contributed by atoms with Gasteiger partial charge in [-0.05, 0) is 0 Å². The van der Waals surface area contributed by atoms with Crippen LogP contribution >= 0.6 is 58.0 Å². The number of esters is 1. The van der Waals surface area contributed by atoms with E-state index in [2.05, 4.69) is 4.74 Å². The highest BCUT2D eigenvalue weighted by Crippen LogP contribution is 2.32. The lowest BCUT2D eigenvalue weighted by atomic mass is 10.3. The molecule has 0 bridgehead atoms. The fourth-order valence-corrected chi connectivity index (χ4v) is 1.70. The van der Waals surface area contributed by atoms with Crippen molar-refractivity contribution in [2.75, 3.05) is 12.5 Å². The summed E-state index contributed by atoms with van der Waals surface area (Å²) in [6.45, 7) is -0.0129. The van der Waals surface area contributed by atoms with Gasteiger partial charge in [0, 0.05) is 6.42 Å². The van der Waals surface area contributed by atoms with E-state index in [0.29, 0.717) is 0 Å². The van der Waals surface area contributed by atoms with Gasteiger partial charge in [0.15, 0.2) is 3.79 Å². The first-order valence-corrected chi connectivity index (χ1v) is 5.38. The van der Waals surface area contributed by atoms with Crippen molar-refractivity contribution in [3.05, 3.63) is 0 Å². The third-order valence-corrected chi connectivity index (χ3v) is 1.95. The van der Waals surface area contributed by atoms with Crippen molar-refractivity contribution in [3.63, 3.8) is 0 Å². The SMILES string of the molecule is O=C(CCl)OCC(Cl)CC(Cl)(Cl)Cl. The van der Waals surface area contributed by atoms with Crippen molar-refractivity contribution in [1.82, 2.24) is 0 Å². The molecular formula is C6H7Cl5O2. The standard InChI is InChI=1S/C6H7Cl5O2/c7-2-5(12)13-3-4(8)1-6(9,10)11/h4H,1-3H2. The molecule has 2 nitrogen and oxygen atoms in total. The summed E-state index contributed by atoms with van der Waals surface area (Å²) >= 11 is 27.2. The second-order valence-corrected chi connectivity index (χ2v) is 5.63. The Kier molecular flexibility index (Phi) is 6.87. The summed E-state index contributed by atoms with van der Waals surface area (Å²) < 4.78 is 3.19. The molecule has 0 aliphatic heterocycles. The van der Waals surface area contributed by atoms with Crippen LogP contribution in [0.2, 0.25) is 0 Å². The molecule has 0 spiro atoms. The molecule has 0 heterocycles. The quantitative estimate of drug-likeness (QED) is 0.587. The van der Waals surface area contributed by atoms with Gasteiger partial charge in [0.25, 0.3) is 0 Å². The number of ether oxygens (including phenoxy) is 1. The molecule has 0 saturated carbocycles. The van der Waals surface area contributed by atoms with E-state index >= 15 is 0 Å². The number of halogens is 5. The van der Waals surface area contributed by atoms with Crippen LogP contribution in [-0.4, -0.2) is 27.6 Å². The molecule has 0 amide bonds. The summed E-state index contributed by atoms with van der Waals surface area (Å²) in [5, 5.41) is -0.528. The van der Waals surface area contributed by atoms with Gasteiger partial charge in [-0.1, -0.05) is 34.8 Å². The maximum atomic E-state index is 10.6. The largest absolute Gasteiger partial charge is 0.463 e. The van der Waals surface area contributed by atoms with Gasteiger partial charge in [0.1, 0.15) is 12.5 Å². The van der Waals surface area contributed by atoms with E-state index in [9.17, 15) is 4.79 Å². The summed E-state index contributed by atoms with van der Waals surface area (Å²) in [6, 6.07) is 0. The van der Waals surface area contributed by atoms with Gasteiger partial charge in [-0.2, -0.15) is 0 Å². The molecule has 0 aliphatic rings. The van der Waals surface area contributed by atoms with E-state index in [1.807, 2.05) is 0 Å². The minimum absolute atomic E-state index is 0.0129. The highest BCUT2D eigenvalue weighted by atomic mass is 35.6. The van der Waals surface area contributed by atoms with Crippen LogP contribution < -0.4 is 0 Å². The van der Waals surface area contributed by atoms with Crippen LogP contribution in [0.15, 0.2) is 0 Å². The average molecular weight is 288 g/mol. The minimum Gasteiger partial charge on any atom is -0.463 e. The zero-order chi connectivity index (χ0) is 10.5. The Bertz CT molecular complexity index is 167. The van der Waals surface area contributed by atoms with E-state index < -0.39 is 15.1 Å². The summed E-state index contributed by atoms with van der Waals surface area (Å²) in [4.78, 5) is 10.6. The number of alkyl halides is 5. The molecule has 0 aliphatic carbocycles. The lowest BCUT2D eigenvalue weighted by Gasteiger charge is -2.15. The van der Waals surface area contributed by atoms with Crippen LogP contribution in [0.4, 0.5) is 0 Å². The number of hydrogen-bond donors (Lipinski definition) is 0. The van der Waals surface area contributed by atoms with Gasteiger partial charge >= 0.3 is 5.97 Å². The summed E-state index contributed by atoms with van der Waals surface area (Å²) in [5.41, 5.74) is 0. The van der Waals surface area contributed by atoms with Crippen molar-refractivity contribution in [3.8, 4) is 0 Å². The van der Waals surface area contributed by atoms with E-state index in [0.717, 1.165) is 0 Å². The Labute approximate surface area is 101 Å². The lowest BCUT2D eigenvalue weighted by Crippen LogP contribution is -2.19. The minimum atomic E-state index is -1.43. The molecule has 0 aromatic rings. The predicted molar refractivity (Wildman–Crippen MR) is 56.2 cm³/mol. The lowest BCUT2D eigenvalue weighted by molar-refractivity contribution is -0.140. The normalized spacial score (nSPS) is 13.9. The second-order valence-electron chi connectivity index (χ2n) is 2.23. The summed E-state index contributed by atoms with van der Waals surface area (Å²) in [5.74, 6) is -0.756. The highest BCUT2D eigenvalue weighted by molar-refractivity contribution is 6.67. The van der Waals surface area contributed by atoms with Crippen LogP contribution in [-0.2, 0) is 9.53 Å². The molecule has 0 aromatic heterocycles. The van der Waals surface area contributed by atoms with E-state index in [1.165, 1.54) is 0 Å². The van der Waals surface area contributed by atoms with Crippen LogP contribution in [0.25, 0.3) is 0 Å². The molecule has 0 aromatic carbocycles. The van der Waals surface area contributed by atoms with Crippen molar-refractivity contribution < 1.29 is 9.53 Å². The van der Waals surface area contributed by atoms with E-state index in [4.69, 9.17) is 58.0 Å². The number of carbonyl (C=O) groups excluding carboxylic acids is 1. The van der Waals surface area contributed by atoms with Crippen molar-refractivity contribution in [2.24, 2.45) is 0 Å². The molecule has 0 radical (unpaired) electrons. The first-order chi connectivity index (χ1) is 5.85. The van der Waals surface area contributed by atoms with Crippen LogP contribution in [0, 0.1) is 0 Å². The Hall–Kier alpha value is 0.920. The summed E-state index contributed by atoms with van der Waals surface area (Å²) in [7, 11) is 0. The second kappa shape index (κ2) is 6.41. The first kappa shape index (κ1) is 13.9. The predicted octanol–water partition coefficient (Wildman–Crippen LogP) is 3.14. The third kappa shape index (κ3) is 9.23. The van der Waals surface area contributed by atoms with Crippen molar-refractivity contribution in [2.45, 2.75) is 15.6 Å². The zero-order valence-corrected chi connectivity index (χ0v) is 10.2. The number of carbonyl (C=O) groups is 1. The smallest absolute Gasteiger partial charge is 0.320 e. The monoisotopic (exact) mass is 286 g/mol. The van der Waals surface area contributed by atoms with Crippen LogP contribution in [0.3, 0.4) is 0 Å². The Balaban J connectivity index is 3.63. The molecule has 0 saturated heterocycles. The van der Waals surface area contributed by atoms with E-state index in [1.54, 1.807) is 0 Å². The molecule has 0 N–H and O–H groups in total. The van der Waals surface area contributed by atoms with E-state index in [-0.39, 0.29) is 18.9 Å². The van der Waals surface area contributed by atoms with Gasteiger partial charge in [-0.25, -0.2) is 0 Å². The van der Waals surface area contributed by atoms with Crippen LogP contribution in [0.1, 0.15) is 6.42 Å². The highest BCUT2D eigenvalue weighted by Gasteiger charge is 2.24. The molecule has 78 valence electrons. The summed E-state index contributed by atoms with van der Waals surface area (Å²) in [6.07, 6.45) is 0.106. The molecule has 0 fully saturated rings. The molecule has 1 atom stereocenters. The van der Waals surface area contributed by atoms with Gasteiger partial charge in [-0.15, -0.1) is 23.2 Å². The Morgan fingerprint density at radius 1 is 1.38 bits per heavy atom. The van der Waals surface area contributed by atoms with Gasteiger partial charge in [-0.3, -0.25) is 4.79 Å². The molecule has 13 heavy (non-hydrogen) atoms. The van der Waals surface area contributed by atoms with Gasteiger partial charge in [0.2, 0.25) is 0 Å². The number of rotatable bonds is 4. The van der Waals surface area contributed by atoms with Crippen LogP contribution in [0.5, 0.6) is 0 Å². The maximum absolute atomic E-state index is 10.6. The first-order valence-electron chi connectivity index (χ1n) is 3.27. The Morgan fingerprint density at radius 2 is 1.92 bits per heavy atom. The molecule has 7 heteroatoms. The molecule has 0 rings (SSSR count). The maximum Gasteiger partial charge on any atom is 0.320 e. The fraction of sp³-hybridized carbons (Fsp3) is 0.833. The van der Waals surface area contributed by atoms with Gasteiger partial charge < -0.3 is 4.74 Å². The topological polar surface area (TPSA) is 26.3 Å². The average Bonchev–Trinajstić information content (AvgIpc) is 1.97. The number of hydrogen-bond acceptors (Lipinski definition) is 2. The zero-order valence-electron chi connectivity index (χ0n) is 6.40. The molecule has 1 unspecified atom stereocenters. The third-order valence-electron chi connectivity index (χ3n) is 0.987. The Morgan fingerprint density at radius 3 is 2.31 bits per heavy atom. The fourth-order valence-electron chi connectivity index (χ4n) is 0.532. The van der Waals surface area contributed by atoms with Crippen molar-refractivity contribution >= 4 is 64.0 Å². The molecular weight excluding hydrogens is 281 g/mol. The van der Waals surface area contributed by atoms with Gasteiger partial charge in [0.05, 0.1) is 5.38 Å². The van der Waals surface area contributed by atoms with Crippen molar-refractivity contribution in [1.29, 1.82) is 0 Å².